The van der Waals surface area contributed by atoms with Gasteiger partial charge in [0.2, 0.25) is 0 Å². The number of hydrogen-bond donors (Lipinski definition) is 1. The molecule has 2 aliphatic rings. The predicted octanol–water partition coefficient (Wildman–Crippen LogP) is 5.88. The summed E-state index contributed by atoms with van der Waals surface area (Å²) in [5, 5.41) is 0. The topological polar surface area (TPSA) is 43.1 Å². The molecule has 2 rings (SSSR count). The van der Waals surface area contributed by atoms with Crippen molar-refractivity contribution in [2.75, 3.05) is 0 Å². The monoisotopic (exact) mass is 335 g/mol. The summed E-state index contributed by atoms with van der Waals surface area (Å²) in [5.74, 6) is 1.67. The summed E-state index contributed by atoms with van der Waals surface area (Å²) < 4.78 is 0. The van der Waals surface area contributed by atoms with Crippen LogP contribution in [0.1, 0.15) is 105 Å². The van der Waals surface area contributed by atoms with E-state index in [1.165, 1.54) is 38.5 Å². The van der Waals surface area contributed by atoms with Gasteiger partial charge in [0.1, 0.15) is 0 Å². The lowest BCUT2D eigenvalue weighted by Gasteiger charge is -2.46. The number of Topliss-reactive ketones (excluding diaryl/α,β-unsaturated/α-hetero) is 1. The van der Waals surface area contributed by atoms with Crippen molar-refractivity contribution < 1.29 is 4.79 Å². The summed E-state index contributed by atoms with van der Waals surface area (Å²) in [6.07, 6.45) is 12.6. The van der Waals surface area contributed by atoms with E-state index in [-0.39, 0.29) is 5.41 Å². The molecule has 0 aromatic heterocycles. The second kappa shape index (κ2) is 7.48. The lowest BCUT2D eigenvalue weighted by molar-refractivity contribution is -0.130. The Bertz CT molecular complexity index is 438. The highest BCUT2D eigenvalue weighted by Gasteiger charge is 2.59. The number of carbonyl (C=O) groups is 1. The number of nitrogens with two attached hydrogens (primary N) is 1. The van der Waals surface area contributed by atoms with Crippen molar-refractivity contribution in [3.05, 3.63) is 0 Å². The maximum atomic E-state index is 12.8. The smallest absolute Gasteiger partial charge is 0.153 e. The van der Waals surface area contributed by atoms with Crippen LogP contribution in [-0.2, 0) is 4.79 Å². The molecule has 0 bridgehead atoms. The average Bonchev–Trinajstić information content (AvgIpc) is 2.74. The fourth-order valence-corrected chi connectivity index (χ4v) is 5.60. The Kier molecular flexibility index (Phi) is 6.21. The van der Waals surface area contributed by atoms with E-state index in [0.717, 1.165) is 25.7 Å². The van der Waals surface area contributed by atoms with Gasteiger partial charge in [0.05, 0.1) is 5.54 Å². The van der Waals surface area contributed by atoms with Gasteiger partial charge in [0, 0.05) is 6.42 Å². The zero-order valence-electron chi connectivity index (χ0n) is 16.9. The molecule has 2 heteroatoms. The lowest BCUT2D eigenvalue weighted by Crippen LogP contribution is -2.59. The van der Waals surface area contributed by atoms with Crippen LogP contribution in [0.4, 0.5) is 0 Å². The minimum absolute atomic E-state index is 0.0218. The second-order valence-corrected chi connectivity index (χ2v) is 10.3. The van der Waals surface area contributed by atoms with Crippen LogP contribution in [0.5, 0.6) is 0 Å². The predicted molar refractivity (Wildman–Crippen MR) is 103 cm³/mol. The lowest BCUT2D eigenvalue weighted by atomic mass is 9.60. The Labute approximate surface area is 150 Å². The van der Waals surface area contributed by atoms with Crippen LogP contribution in [-0.4, -0.2) is 11.3 Å². The molecule has 0 radical (unpaired) electrons. The van der Waals surface area contributed by atoms with E-state index in [0.29, 0.717) is 29.5 Å². The van der Waals surface area contributed by atoms with Crippen molar-refractivity contribution in [2.24, 2.45) is 28.4 Å². The van der Waals surface area contributed by atoms with Crippen LogP contribution < -0.4 is 5.73 Å². The first-order valence-electron chi connectivity index (χ1n) is 10.4. The molecule has 2 nitrogen and oxygen atoms in total. The molecule has 2 saturated carbocycles. The molecule has 2 N–H and O–H groups in total. The van der Waals surface area contributed by atoms with E-state index in [1.54, 1.807) is 0 Å². The van der Waals surface area contributed by atoms with Crippen LogP contribution >= 0.6 is 0 Å². The normalized spacial score (nSPS) is 36.1. The number of rotatable bonds is 5. The summed E-state index contributed by atoms with van der Waals surface area (Å²) in [5.41, 5.74) is 6.73. The molecule has 0 amide bonds. The first kappa shape index (κ1) is 19.9. The number of hydrogen-bond acceptors (Lipinski definition) is 2. The first-order valence-corrected chi connectivity index (χ1v) is 10.4. The van der Waals surface area contributed by atoms with Crippen molar-refractivity contribution in [2.45, 2.75) is 111 Å². The zero-order valence-corrected chi connectivity index (χ0v) is 16.9. The van der Waals surface area contributed by atoms with Crippen LogP contribution in [0.2, 0.25) is 0 Å². The highest BCUT2D eigenvalue weighted by Crippen LogP contribution is 2.57. The second-order valence-electron chi connectivity index (χ2n) is 10.3. The molecule has 0 saturated heterocycles. The molecule has 0 aromatic rings. The number of unbranched alkanes of at least 4 members (excludes halogenated alkanes) is 1. The Morgan fingerprint density at radius 2 is 1.88 bits per heavy atom. The highest BCUT2D eigenvalue weighted by atomic mass is 16.1. The number of fused-ring (bicyclic) bond motifs is 1. The fourth-order valence-electron chi connectivity index (χ4n) is 5.60. The van der Waals surface area contributed by atoms with Gasteiger partial charge in [0.25, 0.3) is 0 Å². The SMILES string of the molecule is CC(CCCCC(C)(C)C)C1CCC2(N)C(=O)CCCCCC12C. The molecule has 0 aliphatic heterocycles. The highest BCUT2D eigenvalue weighted by molar-refractivity contribution is 5.89. The largest absolute Gasteiger partial charge is 0.318 e. The van der Waals surface area contributed by atoms with Gasteiger partial charge in [0.15, 0.2) is 5.78 Å². The van der Waals surface area contributed by atoms with Gasteiger partial charge in [-0.1, -0.05) is 66.7 Å². The molecular formula is C22H41NO. The van der Waals surface area contributed by atoms with Crippen LogP contribution in [0, 0.1) is 22.7 Å². The fraction of sp³-hybridized carbons (Fsp3) is 0.955. The van der Waals surface area contributed by atoms with E-state index < -0.39 is 5.54 Å². The molecule has 2 fully saturated rings. The van der Waals surface area contributed by atoms with Crippen LogP contribution in [0.3, 0.4) is 0 Å². The first-order chi connectivity index (χ1) is 11.1. The molecule has 140 valence electrons. The quantitative estimate of drug-likeness (QED) is 0.638. The Hall–Kier alpha value is -0.370. The standard InChI is InChI=1S/C22H41NO/c1-17(11-8-10-14-20(2,3)4)18-13-16-22(23)19(24)12-7-6-9-15-21(18,22)5/h17-18H,6-16,23H2,1-5H3. The van der Waals surface area contributed by atoms with E-state index in [9.17, 15) is 4.79 Å². The molecule has 24 heavy (non-hydrogen) atoms. The van der Waals surface area contributed by atoms with Gasteiger partial charge in [-0.25, -0.2) is 0 Å². The molecule has 4 atom stereocenters. The van der Waals surface area contributed by atoms with Gasteiger partial charge in [-0.05, 0) is 54.8 Å². The number of carbonyl (C=O) groups excluding carboxylic acids is 1. The molecule has 2 aliphatic carbocycles. The molecule has 0 aromatic carbocycles. The average molecular weight is 336 g/mol. The van der Waals surface area contributed by atoms with E-state index in [4.69, 9.17) is 5.73 Å². The Morgan fingerprint density at radius 3 is 2.54 bits per heavy atom. The maximum Gasteiger partial charge on any atom is 0.153 e. The molecular weight excluding hydrogens is 294 g/mol. The third kappa shape index (κ3) is 4.06. The van der Waals surface area contributed by atoms with E-state index in [2.05, 4.69) is 34.6 Å². The summed E-state index contributed by atoms with van der Waals surface area (Å²) >= 11 is 0. The van der Waals surface area contributed by atoms with Gasteiger partial charge in [-0.2, -0.15) is 0 Å². The Balaban J connectivity index is 2.00. The maximum absolute atomic E-state index is 12.8. The molecule has 4 unspecified atom stereocenters. The third-order valence-electron chi connectivity index (χ3n) is 7.31. The van der Waals surface area contributed by atoms with Crippen molar-refractivity contribution in [3.8, 4) is 0 Å². The Morgan fingerprint density at radius 1 is 1.17 bits per heavy atom. The molecule has 0 heterocycles. The van der Waals surface area contributed by atoms with Gasteiger partial charge >= 0.3 is 0 Å². The summed E-state index contributed by atoms with van der Waals surface area (Å²) in [6.45, 7) is 11.8. The number of ketones is 1. The van der Waals surface area contributed by atoms with E-state index in [1.807, 2.05) is 0 Å². The summed E-state index contributed by atoms with van der Waals surface area (Å²) in [6, 6.07) is 0. The van der Waals surface area contributed by atoms with Gasteiger partial charge in [-0.15, -0.1) is 0 Å². The van der Waals surface area contributed by atoms with Crippen molar-refractivity contribution in [3.63, 3.8) is 0 Å². The zero-order chi connectivity index (χ0) is 18.0. The van der Waals surface area contributed by atoms with Crippen molar-refractivity contribution in [1.29, 1.82) is 0 Å². The van der Waals surface area contributed by atoms with Crippen LogP contribution in [0.15, 0.2) is 0 Å². The molecule has 0 spiro atoms. The summed E-state index contributed by atoms with van der Waals surface area (Å²) in [7, 11) is 0. The third-order valence-corrected chi connectivity index (χ3v) is 7.31. The minimum Gasteiger partial charge on any atom is -0.318 e. The van der Waals surface area contributed by atoms with Crippen LogP contribution in [0.25, 0.3) is 0 Å². The van der Waals surface area contributed by atoms with Crippen molar-refractivity contribution in [1.82, 2.24) is 0 Å². The minimum atomic E-state index is -0.544. The van der Waals surface area contributed by atoms with Gasteiger partial charge in [-0.3, -0.25) is 4.79 Å². The van der Waals surface area contributed by atoms with E-state index >= 15 is 0 Å². The van der Waals surface area contributed by atoms with Gasteiger partial charge < -0.3 is 5.73 Å². The summed E-state index contributed by atoms with van der Waals surface area (Å²) in [4.78, 5) is 12.8. The van der Waals surface area contributed by atoms with Crippen molar-refractivity contribution >= 4 is 5.78 Å².